The standard InChI is InChI=1S/C26H27FO2/c1-26(2,22-13-12-20-7-6-8-21(20)16-22)18-28-17-19-11-14-24(27)25(15-19)29-23-9-4-3-5-10-23/h3-5,9-16H,6-8,17-18H2,1-2H3. The van der Waals surface area contributed by atoms with Gasteiger partial charge in [-0.3, -0.25) is 0 Å². The molecule has 0 amide bonds. The lowest BCUT2D eigenvalue weighted by Crippen LogP contribution is -2.24. The second-order valence-electron chi connectivity index (χ2n) is 8.39. The summed E-state index contributed by atoms with van der Waals surface area (Å²) < 4.78 is 25.8. The van der Waals surface area contributed by atoms with Gasteiger partial charge in [0.05, 0.1) is 13.2 Å². The van der Waals surface area contributed by atoms with Crippen molar-refractivity contribution >= 4 is 0 Å². The van der Waals surface area contributed by atoms with Crippen molar-refractivity contribution in [2.24, 2.45) is 0 Å². The zero-order valence-electron chi connectivity index (χ0n) is 17.1. The lowest BCUT2D eigenvalue weighted by Gasteiger charge is -2.26. The molecule has 1 aliphatic rings. The minimum Gasteiger partial charge on any atom is -0.454 e. The summed E-state index contributed by atoms with van der Waals surface area (Å²) >= 11 is 0. The molecule has 0 bridgehead atoms. The molecule has 0 unspecified atom stereocenters. The van der Waals surface area contributed by atoms with E-state index in [2.05, 4.69) is 32.0 Å². The third-order valence-electron chi connectivity index (χ3n) is 5.58. The second kappa shape index (κ2) is 8.38. The maximum atomic E-state index is 14.1. The number of halogens is 1. The Balaban J connectivity index is 1.39. The van der Waals surface area contributed by atoms with Crippen molar-refractivity contribution in [3.05, 3.63) is 94.8 Å². The Hall–Kier alpha value is -2.65. The van der Waals surface area contributed by atoms with E-state index in [1.165, 1.54) is 42.0 Å². The minimum absolute atomic E-state index is 0.0823. The first-order valence-corrected chi connectivity index (χ1v) is 10.2. The molecular weight excluding hydrogens is 363 g/mol. The number of para-hydroxylation sites is 1. The molecule has 3 aromatic rings. The van der Waals surface area contributed by atoms with Crippen molar-refractivity contribution in [1.29, 1.82) is 0 Å². The molecule has 0 spiro atoms. The molecule has 0 fully saturated rings. The molecule has 29 heavy (non-hydrogen) atoms. The Morgan fingerprint density at radius 2 is 1.69 bits per heavy atom. The number of benzene rings is 3. The highest BCUT2D eigenvalue weighted by Gasteiger charge is 2.23. The van der Waals surface area contributed by atoms with E-state index in [0.717, 1.165) is 5.56 Å². The summed E-state index contributed by atoms with van der Waals surface area (Å²) in [5, 5.41) is 0. The van der Waals surface area contributed by atoms with E-state index in [1.807, 2.05) is 30.3 Å². The van der Waals surface area contributed by atoms with Crippen LogP contribution in [0.2, 0.25) is 0 Å². The van der Waals surface area contributed by atoms with Gasteiger partial charge in [-0.15, -0.1) is 0 Å². The van der Waals surface area contributed by atoms with Gasteiger partial charge in [0, 0.05) is 5.41 Å². The number of rotatable bonds is 7. The monoisotopic (exact) mass is 390 g/mol. The lowest BCUT2D eigenvalue weighted by atomic mass is 9.84. The SMILES string of the molecule is CC(C)(COCc1ccc(F)c(Oc2ccccc2)c1)c1ccc2c(c1)CCC2. The zero-order chi connectivity index (χ0) is 20.3. The van der Waals surface area contributed by atoms with Crippen LogP contribution < -0.4 is 4.74 Å². The molecule has 3 aromatic carbocycles. The summed E-state index contributed by atoms with van der Waals surface area (Å²) in [4.78, 5) is 0. The van der Waals surface area contributed by atoms with Gasteiger partial charge in [-0.2, -0.15) is 0 Å². The van der Waals surface area contributed by atoms with Gasteiger partial charge < -0.3 is 9.47 Å². The molecule has 1 aliphatic carbocycles. The van der Waals surface area contributed by atoms with Crippen molar-refractivity contribution in [2.45, 2.75) is 45.1 Å². The summed E-state index contributed by atoms with van der Waals surface area (Å²) in [6, 6.07) is 21.0. The number of aryl methyl sites for hydroxylation is 2. The maximum absolute atomic E-state index is 14.1. The first kappa shape index (κ1) is 19.7. The van der Waals surface area contributed by atoms with Crippen molar-refractivity contribution in [3.63, 3.8) is 0 Å². The predicted octanol–water partition coefficient (Wildman–Crippen LogP) is 6.60. The topological polar surface area (TPSA) is 18.5 Å². The van der Waals surface area contributed by atoms with Crippen LogP contribution in [0.15, 0.2) is 66.7 Å². The third-order valence-corrected chi connectivity index (χ3v) is 5.58. The average Bonchev–Trinajstić information content (AvgIpc) is 3.19. The van der Waals surface area contributed by atoms with Gasteiger partial charge in [0.2, 0.25) is 0 Å². The first-order chi connectivity index (χ1) is 14.0. The number of fused-ring (bicyclic) bond motifs is 1. The fraction of sp³-hybridized carbons (Fsp3) is 0.308. The molecular formula is C26H27FO2. The highest BCUT2D eigenvalue weighted by atomic mass is 19.1. The van der Waals surface area contributed by atoms with E-state index in [-0.39, 0.29) is 17.0 Å². The molecule has 3 heteroatoms. The van der Waals surface area contributed by atoms with Crippen LogP contribution in [0, 0.1) is 5.82 Å². The van der Waals surface area contributed by atoms with Gasteiger partial charge in [0.15, 0.2) is 11.6 Å². The van der Waals surface area contributed by atoms with Crippen LogP contribution in [0.3, 0.4) is 0 Å². The summed E-state index contributed by atoms with van der Waals surface area (Å²) in [7, 11) is 0. The molecule has 0 aliphatic heterocycles. The molecule has 0 saturated carbocycles. The van der Waals surface area contributed by atoms with Crippen LogP contribution in [-0.2, 0) is 29.6 Å². The molecule has 0 heterocycles. The zero-order valence-corrected chi connectivity index (χ0v) is 17.1. The van der Waals surface area contributed by atoms with Crippen LogP contribution in [0.1, 0.15) is 42.5 Å². The molecule has 0 N–H and O–H groups in total. The predicted molar refractivity (Wildman–Crippen MR) is 114 cm³/mol. The number of hydrogen-bond acceptors (Lipinski definition) is 2. The first-order valence-electron chi connectivity index (χ1n) is 10.2. The van der Waals surface area contributed by atoms with Crippen LogP contribution in [0.4, 0.5) is 4.39 Å². The Bertz CT molecular complexity index is 979. The molecule has 2 nitrogen and oxygen atoms in total. The number of hydrogen-bond donors (Lipinski definition) is 0. The number of ether oxygens (including phenoxy) is 2. The molecule has 0 aromatic heterocycles. The van der Waals surface area contributed by atoms with Crippen molar-refractivity contribution in [3.8, 4) is 11.5 Å². The summed E-state index contributed by atoms with van der Waals surface area (Å²) in [5.74, 6) is 0.452. The van der Waals surface area contributed by atoms with Gasteiger partial charge >= 0.3 is 0 Å². The summed E-state index contributed by atoms with van der Waals surface area (Å²) in [6.45, 7) is 5.43. The van der Waals surface area contributed by atoms with E-state index in [9.17, 15) is 4.39 Å². The average molecular weight is 390 g/mol. The largest absolute Gasteiger partial charge is 0.454 e. The van der Waals surface area contributed by atoms with Crippen LogP contribution >= 0.6 is 0 Å². The Morgan fingerprint density at radius 1 is 0.897 bits per heavy atom. The summed E-state index contributed by atoms with van der Waals surface area (Å²) in [6.07, 6.45) is 3.64. The normalized spacial score (nSPS) is 13.3. The van der Waals surface area contributed by atoms with Crippen LogP contribution in [-0.4, -0.2) is 6.61 Å². The smallest absolute Gasteiger partial charge is 0.165 e. The molecule has 0 saturated heterocycles. The fourth-order valence-corrected chi connectivity index (χ4v) is 3.83. The third kappa shape index (κ3) is 4.68. The molecule has 4 rings (SSSR count). The maximum Gasteiger partial charge on any atom is 0.165 e. The second-order valence-corrected chi connectivity index (χ2v) is 8.39. The van der Waals surface area contributed by atoms with Gasteiger partial charge in [0.1, 0.15) is 5.75 Å². The van der Waals surface area contributed by atoms with E-state index in [4.69, 9.17) is 9.47 Å². The minimum atomic E-state index is -0.379. The summed E-state index contributed by atoms with van der Waals surface area (Å²) in [5.41, 5.74) is 5.09. The molecule has 0 radical (unpaired) electrons. The highest BCUT2D eigenvalue weighted by Crippen LogP contribution is 2.30. The van der Waals surface area contributed by atoms with Gasteiger partial charge in [0.25, 0.3) is 0 Å². The van der Waals surface area contributed by atoms with Gasteiger partial charge in [-0.1, -0.05) is 56.3 Å². The van der Waals surface area contributed by atoms with E-state index in [0.29, 0.717) is 19.0 Å². The lowest BCUT2D eigenvalue weighted by molar-refractivity contribution is 0.0823. The van der Waals surface area contributed by atoms with Crippen LogP contribution in [0.25, 0.3) is 0 Å². The highest BCUT2D eigenvalue weighted by molar-refractivity contribution is 5.38. The van der Waals surface area contributed by atoms with Crippen molar-refractivity contribution < 1.29 is 13.9 Å². The van der Waals surface area contributed by atoms with Gasteiger partial charge in [-0.25, -0.2) is 4.39 Å². The molecule has 0 atom stereocenters. The van der Waals surface area contributed by atoms with Crippen LogP contribution in [0.5, 0.6) is 11.5 Å². The quantitative estimate of drug-likeness (QED) is 0.452. The van der Waals surface area contributed by atoms with Crippen molar-refractivity contribution in [1.82, 2.24) is 0 Å². The van der Waals surface area contributed by atoms with E-state index in [1.54, 1.807) is 12.1 Å². The van der Waals surface area contributed by atoms with Crippen molar-refractivity contribution in [2.75, 3.05) is 6.61 Å². The van der Waals surface area contributed by atoms with E-state index < -0.39 is 0 Å². The Labute approximate surface area is 172 Å². The van der Waals surface area contributed by atoms with E-state index >= 15 is 0 Å². The Kier molecular flexibility index (Phi) is 5.68. The fourth-order valence-electron chi connectivity index (χ4n) is 3.83. The Morgan fingerprint density at radius 3 is 2.52 bits per heavy atom. The molecule has 150 valence electrons. The van der Waals surface area contributed by atoms with Gasteiger partial charge in [-0.05, 0) is 65.8 Å².